The highest BCUT2D eigenvalue weighted by Crippen LogP contribution is 2.28. The average molecular weight is 293 g/mol. The van der Waals surface area contributed by atoms with E-state index in [4.69, 9.17) is 5.11 Å². The molecule has 3 rings (SSSR count). The van der Waals surface area contributed by atoms with Crippen LogP contribution in [-0.4, -0.2) is 37.8 Å². The molecule has 8 nitrogen and oxygen atoms in total. The smallest absolute Gasteiger partial charge is 0.330 e. The molecule has 0 amide bonds. The van der Waals surface area contributed by atoms with Gasteiger partial charge in [0.2, 0.25) is 5.95 Å². The van der Waals surface area contributed by atoms with Crippen molar-refractivity contribution in [1.29, 1.82) is 0 Å². The second kappa shape index (κ2) is 5.72. The maximum atomic E-state index is 12.2. The number of aromatic amines is 2. The second-order valence-corrected chi connectivity index (χ2v) is 5.36. The summed E-state index contributed by atoms with van der Waals surface area (Å²) in [5.74, 6) is 0.389. The topological polar surface area (TPSA) is 116 Å². The Bertz CT molecular complexity index is 738. The molecule has 4 N–H and O–H groups in total. The lowest BCUT2D eigenvalue weighted by Crippen LogP contribution is -2.33. The highest BCUT2D eigenvalue weighted by Gasteiger charge is 2.21. The maximum absolute atomic E-state index is 12.2. The summed E-state index contributed by atoms with van der Waals surface area (Å²) in [5.41, 5.74) is -0.192. The number of anilines is 1. The van der Waals surface area contributed by atoms with E-state index in [2.05, 4.69) is 20.3 Å². The van der Waals surface area contributed by atoms with Gasteiger partial charge in [0.15, 0.2) is 11.2 Å². The van der Waals surface area contributed by atoms with Crippen LogP contribution in [0.2, 0.25) is 0 Å². The van der Waals surface area contributed by atoms with Crippen LogP contribution in [0.5, 0.6) is 0 Å². The number of aromatic nitrogens is 4. The lowest BCUT2D eigenvalue weighted by molar-refractivity contribution is 0.311. The zero-order chi connectivity index (χ0) is 14.8. The fourth-order valence-electron chi connectivity index (χ4n) is 2.95. The fourth-order valence-corrected chi connectivity index (χ4v) is 2.95. The monoisotopic (exact) mass is 293 g/mol. The fraction of sp³-hybridized carbons (Fsp3) is 0.615. The van der Waals surface area contributed by atoms with Gasteiger partial charge in [-0.3, -0.25) is 14.3 Å². The lowest BCUT2D eigenvalue weighted by Gasteiger charge is -2.23. The van der Waals surface area contributed by atoms with Crippen molar-refractivity contribution in [3.05, 3.63) is 20.8 Å². The first-order valence-corrected chi connectivity index (χ1v) is 7.30. The highest BCUT2D eigenvalue weighted by atomic mass is 16.3. The Balaban J connectivity index is 2.11. The van der Waals surface area contributed by atoms with Crippen LogP contribution in [0.15, 0.2) is 9.59 Å². The molecule has 1 aliphatic carbocycles. The molecule has 2 aromatic heterocycles. The van der Waals surface area contributed by atoms with Crippen LogP contribution >= 0.6 is 0 Å². The minimum absolute atomic E-state index is 0.0389. The molecule has 2 aromatic rings. The molecule has 1 aliphatic rings. The molecule has 114 valence electrons. The van der Waals surface area contributed by atoms with Gasteiger partial charge < -0.3 is 15.4 Å². The summed E-state index contributed by atoms with van der Waals surface area (Å²) < 4.78 is 1.59. The Morgan fingerprint density at radius 3 is 2.71 bits per heavy atom. The molecule has 21 heavy (non-hydrogen) atoms. The van der Waals surface area contributed by atoms with Crippen LogP contribution in [0, 0.1) is 0 Å². The Hall–Kier alpha value is -2.09. The van der Waals surface area contributed by atoms with Crippen LogP contribution in [0.4, 0.5) is 5.95 Å². The average Bonchev–Trinajstić information content (AvgIpc) is 2.90. The van der Waals surface area contributed by atoms with Crippen molar-refractivity contribution in [1.82, 2.24) is 19.5 Å². The van der Waals surface area contributed by atoms with Gasteiger partial charge in [-0.25, -0.2) is 4.79 Å². The van der Waals surface area contributed by atoms with E-state index in [9.17, 15) is 9.59 Å². The van der Waals surface area contributed by atoms with E-state index in [1.807, 2.05) is 0 Å². The number of aliphatic hydroxyl groups excluding tert-OH is 1. The molecule has 0 aromatic carbocycles. The van der Waals surface area contributed by atoms with E-state index in [1.54, 1.807) is 4.57 Å². The van der Waals surface area contributed by atoms with Gasteiger partial charge in [0, 0.05) is 12.6 Å². The van der Waals surface area contributed by atoms with Gasteiger partial charge in [0.25, 0.3) is 5.56 Å². The molecule has 0 unspecified atom stereocenters. The van der Waals surface area contributed by atoms with Crippen molar-refractivity contribution in [2.45, 2.75) is 38.1 Å². The normalized spacial score (nSPS) is 16.4. The molecule has 0 aliphatic heterocycles. The van der Waals surface area contributed by atoms with Crippen LogP contribution in [0.1, 0.15) is 38.1 Å². The van der Waals surface area contributed by atoms with E-state index in [0.717, 1.165) is 25.7 Å². The van der Waals surface area contributed by atoms with E-state index in [-0.39, 0.29) is 12.6 Å². The molecular formula is C13H19N5O3. The van der Waals surface area contributed by atoms with Gasteiger partial charge in [-0.1, -0.05) is 19.3 Å². The Labute approximate surface area is 120 Å². The molecular weight excluding hydrogens is 274 g/mol. The van der Waals surface area contributed by atoms with E-state index in [1.165, 1.54) is 6.42 Å². The van der Waals surface area contributed by atoms with E-state index < -0.39 is 11.2 Å². The summed E-state index contributed by atoms with van der Waals surface area (Å²) in [6.45, 7) is 0.286. The number of fused-ring (bicyclic) bond motifs is 1. The molecule has 0 spiro atoms. The van der Waals surface area contributed by atoms with Crippen LogP contribution < -0.4 is 16.6 Å². The molecule has 8 heteroatoms. The predicted molar refractivity (Wildman–Crippen MR) is 78.7 cm³/mol. The largest absolute Gasteiger partial charge is 0.395 e. The number of hydrogen-bond acceptors (Lipinski definition) is 5. The van der Waals surface area contributed by atoms with Crippen LogP contribution in [-0.2, 0) is 0 Å². The van der Waals surface area contributed by atoms with Gasteiger partial charge in [-0.15, -0.1) is 0 Å². The standard InChI is InChI=1S/C13H19N5O3/c19-7-6-14-12-15-9-10(16-12)18(13(21)17-11(9)20)8-4-2-1-3-5-8/h8,19H,1-7H2,(H2,14,15,16)(H,17,20,21). The lowest BCUT2D eigenvalue weighted by atomic mass is 9.95. The summed E-state index contributed by atoms with van der Waals surface area (Å²) in [6, 6.07) is 0.0830. The maximum Gasteiger partial charge on any atom is 0.330 e. The molecule has 0 atom stereocenters. The summed E-state index contributed by atoms with van der Waals surface area (Å²) in [5, 5.41) is 11.7. The summed E-state index contributed by atoms with van der Waals surface area (Å²) >= 11 is 0. The summed E-state index contributed by atoms with van der Waals surface area (Å²) in [7, 11) is 0. The minimum atomic E-state index is -0.466. The number of hydrogen-bond donors (Lipinski definition) is 4. The van der Waals surface area contributed by atoms with Crippen molar-refractivity contribution in [2.24, 2.45) is 0 Å². The number of nitrogens with one attached hydrogen (secondary N) is 3. The third kappa shape index (κ3) is 2.58. The van der Waals surface area contributed by atoms with Gasteiger partial charge in [-0.05, 0) is 12.8 Å². The van der Waals surface area contributed by atoms with Crippen LogP contribution in [0.3, 0.4) is 0 Å². The Kier molecular flexibility index (Phi) is 3.78. The molecule has 0 saturated heterocycles. The van der Waals surface area contributed by atoms with Gasteiger partial charge in [0.05, 0.1) is 6.61 Å². The number of rotatable bonds is 4. The van der Waals surface area contributed by atoms with E-state index >= 15 is 0 Å². The molecule has 2 heterocycles. The van der Waals surface area contributed by atoms with E-state index in [0.29, 0.717) is 23.7 Å². The van der Waals surface area contributed by atoms with Crippen molar-refractivity contribution in [3.63, 3.8) is 0 Å². The van der Waals surface area contributed by atoms with Crippen molar-refractivity contribution < 1.29 is 5.11 Å². The van der Waals surface area contributed by atoms with Crippen LogP contribution in [0.25, 0.3) is 11.2 Å². The zero-order valence-electron chi connectivity index (χ0n) is 11.7. The molecule has 1 fully saturated rings. The SMILES string of the molecule is O=c1[nH]c(=O)n(C2CCCCC2)c2nc(NCCO)[nH]c12. The first kappa shape index (κ1) is 13.9. The molecule has 0 bridgehead atoms. The number of aliphatic hydroxyl groups is 1. The first-order valence-electron chi connectivity index (χ1n) is 7.30. The number of imidazole rings is 1. The second-order valence-electron chi connectivity index (χ2n) is 5.36. The van der Waals surface area contributed by atoms with Crippen molar-refractivity contribution >= 4 is 17.1 Å². The third-order valence-electron chi connectivity index (χ3n) is 3.92. The minimum Gasteiger partial charge on any atom is -0.395 e. The highest BCUT2D eigenvalue weighted by molar-refractivity contribution is 5.72. The van der Waals surface area contributed by atoms with Gasteiger partial charge in [0.1, 0.15) is 0 Å². The Morgan fingerprint density at radius 2 is 2.00 bits per heavy atom. The summed E-state index contributed by atoms with van der Waals surface area (Å²) in [6.07, 6.45) is 5.19. The first-order chi connectivity index (χ1) is 10.2. The van der Waals surface area contributed by atoms with Gasteiger partial charge >= 0.3 is 5.69 Å². The zero-order valence-corrected chi connectivity index (χ0v) is 11.7. The third-order valence-corrected chi connectivity index (χ3v) is 3.92. The van der Waals surface area contributed by atoms with Crippen molar-refractivity contribution in [2.75, 3.05) is 18.5 Å². The Morgan fingerprint density at radius 1 is 1.24 bits per heavy atom. The van der Waals surface area contributed by atoms with Crippen molar-refractivity contribution in [3.8, 4) is 0 Å². The number of nitrogens with zero attached hydrogens (tertiary/aromatic N) is 2. The quantitative estimate of drug-likeness (QED) is 0.648. The molecule has 0 radical (unpaired) electrons. The predicted octanol–water partition coefficient (Wildman–Crippen LogP) is 0.322. The van der Waals surface area contributed by atoms with Gasteiger partial charge in [-0.2, -0.15) is 4.98 Å². The summed E-state index contributed by atoms with van der Waals surface area (Å²) in [4.78, 5) is 33.6. The molecule has 1 saturated carbocycles. The number of H-pyrrole nitrogens is 2.